The summed E-state index contributed by atoms with van der Waals surface area (Å²) in [5, 5.41) is 59.9. The average Bonchev–Trinajstić information content (AvgIpc) is 2.79. The molecule has 192 valence electrons. The third-order valence-electron chi connectivity index (χ3n) is 6.71. The van der Waals surface area contributed by atoms with E-state index in [0.29, 0.717) is 6.42 Å². The van der Waals surface area contributed by atoms with Crippen LogP contribution in [0.15, 0.2) is 0 Å². The second-order valence-corrected chi connectivity index (χ2v) is 9.46. The van der Waals surface area contributed by atoms with Gasteiger partial charge in [0.15, 0.2) is 0 Å². The zero-order valence-corrected chi connectivity index (χ0v) is 19.9. The van der Waals surface area contributed by atoms with E-state index < -0.39 is 55.4 Å². The molecule has 0 aromatic rings. The molecule has 0 aromatic heterocycles. The van der Waals surface area contributed by atoms with E-state index in [-0.39, 0.29) is 0 Å². The summed E-state index contributed by atoms with van der Waals surface area (Å²) in [5.74, 6) is 0. The second-order valence-electron chi connectivity index (χ2n) is 9.46. The molecule has 0 amide bonds. The van der Waals surface area contributed by atoms with E-state index in [1.807, 2.05) is 0 Å². The number of hydrogen-bond donors (Lipinski definition) is 7. The number of ether oxygens (including phenoxy) is 1. The molecule has 0 saturated carbocycles. The Hall–Kier alpha value is -0.320. The van der Waals surface area contributed by atoms with Crippen molar-refractivity contribution in [1.29, 1.82) is 0 Å². The van der Waals surface area contributed by atoms with Crippen molar-refractivity contribution in [3.05, 3.63) is 0 Å². The summed E-state index contributed by atoms with van der Waals surface area (Å²) in [4.78, 5) is 0. The van der Waals surface area contributed by atoms with E-state index in [4.69, 9.17) is 10.5 Å². The highest BCUT2D eigenvalue weighted by Gasteiger charge is 2.47. The van der Waals surface area contributed by atoms with Crippen molar-refractivity contribution in [2.75, 3.05) is 6.61 Å². The summed E-state index contributed by atoms with van der Waals surface area (Å²) in [6.45, 7) is 1.66. The van der Waals surface area contributed by atoms with Crippen molar-refractivity contribution < 1.29 is 35.4 Å². The van der Waals surface area contributed by atoms with Gasteiger partial charge in [0.05, 0.1) is 18.8 Å². The van der Waals surface area contributed by atoms with Gasteiger partial charge in [0.25, 0.3) is 0 Å². The second kappa shape index (κ2) is 17.2. The molecule has 8 heteroatoms. The summed E-state index contributed by atoms with van der Waals surface area (Å²) in [5.41, 5.74) is 5.97. The molecule has 2 unspecified atom stereocenters. The minimum absolute atomic E-state index is 0.424. The van der Waals surface area contributed by atoms with Crippen LogP contribution in [0.1, 0.15) is 96.8 Å². The highest BCUT2D eigenvalue weighted by molar-refractivity contribution is 4.98. The lowest BCUT2D eigenvalue weighted by Crippen LogP contribution is -2.65. The number of nitrogens with two attached hydrogens (primary N) is 1. The van der Waals surface area contributed by atoms with Gasteiger partial charge in [-0.3, -0.25) is 0 Å². The van der Waals surface area contributed by atoms with Gasteiger partial charge in [-0.15, -0.1) is 0 Å². The van der Waals surface area contributed by atoms with Crippen LogP contribution in [0.4, 0.5) is 0 Å². The van der Waals surface area contributed by atoms with Gasteiger partial charge in [0.1, 0.15) is 36.6 Å². The van der Waals surface area contributed by atoms with Crippen molar-refractivity contribution in [2.24, 2.45) is 5.73 Å². The Morgan fingerprint density at radius 3 is 1.66 bits per heavy atom. The predicted molar refractivity (Wildman–Crippen MR) is 124 cm³/mol. The van der Waals surface area contributed by atoms with Crippen LogP contribution in [0, 0.1) is 0 Å². The maximum Gasteiger partial charge on any atom is 0.114 e. The number of hydrogen-bond acceptors (Lipinski definition) is 8. The summed E-state index contributed by atoms with van der Waals surface area (Å²) < 4.78 is 5.33. The number of aliphatic hydroxyl groups is 6. The van der Waals surface area contributed by atoms with Crippen molar-refractivity contribution in [1.82, 2.24) is 0 Å². The average molecular weight is 464 g/mol. The lowest BCUT2D eigenvalue weighted by Gasteiger charge is -2.43. The van der Waals surface area contributed by atoms with Crippen LogP contribution < -0.4 is 5.73 Å². The zero-order chi connectivity index (χ0) is 23.9. The minimum Gasteiger partial charge on any atom is -0.394 e. The number of aliphatic hydroxyl groups excluding tert-OH is 6. The lowest BCUT2D eigenvalue weighted by atomic mass is 9.88. The Balaban J connectivity index is 2.15. The standard InChI is InChI=1S/C24H49NO7/c1-2-3-4-5-6-7-8-9-10-11-12-13-14-15-17(27)19(25)21(29)24-23(31)22(30)20(28)18(16-26)32-24/h17-24,26-31H,2-16,25H2,1H3/t17-,18-,19-,20+,21?,22+,23-,24?/m1/s1. The summed E-state index contributed by atoms with van der Waals surface area (Å²) in [6, 6.07) is -1.08. The number of rotatable bonds is 18. The van der Waals surface area contributed by atoms with E-state index in [1.54, 1.807) is 0 Å². The highest BCUT2D eigenvalue weighted by Crippen LogP contribution is 2.25. The lowest BCUT2D eigenvalue weighted by molar-refractivity contribution is -0.252. The first-order chi connectivity index (χ1) is 15.3. The first-order valence-corrected chi connectivity index (χ1v) is 12.8. The molecule has 8 atom stereocenters. The van der Waals surface area contributed by atoms with Crippen molar-refractivity contribution in [2.45, 2.75) is 146 Å². The molecule has 1 aliphatic rings. The Morgan fingerprint density at radius 1 is 0.719 bits per heavy atom. The maximum atomic E-state index is 10.5. The van der Waals surface area contributed by atoms with Crippen molar-refractivity contribution in [3.63, 3.8) is 0 Å². The molecule has 0 bridgehead atoms. The number of unbranched alkanes of at least 4 members (excludes halogenated alkanes) is 12. The molecular formula is C24H49NO7. The van der Waals surface area contributed by atoms with Crippen LogP contribution in [-0.2, 0) is 4.74 Å². The summed E-state index contributed by atoms with van der Waals surface area (Å²) in [7, 11) is 0. The third kappa shape index (κ3) is 10.3. The first kappa shape index (κ1) is 29.7. The Morgan fingerprint density at radius 2 is 1.19 bits per heavy atom. The molecule has 1 heterocycles. The first-order valence-electron chi connectivity index (χ1n) is 12.8. The molecule has 0 aliphatic carbocycles. The highest BCUT2D eigenvalue weighted by atomic mass is 16.6. The van der Waals surface area contributed by atoms with Crippen molar-refractivity contribution >= 4 is 0 Å². The van der Waals surface area contributed by atoms with Crippen LogP contribution in [0.3, 0.4) is 0 Å². The van der Waals surface area contributed by atoms with Gasteiger partial charge in [0, 0.05) is 0 Å². The molecule has 1 aliphatic heterocycles. The topological polar surface area (TPSA) is 157 Å². The maximum absolute atomic E-state index is 10.5. The van der Waals surface area contributed by atoms with Gasteiger partial charge < -0.3 is 41.1 Å². The molecule has 0 spiro atoms. The van der Waals surface area contributed by atoms with Gasteiger partial charge >= 0.3 is 0 Å². The Labute approximate surface area is 193 Å². The zero-order valence-electron chi connectivity index (χ0n) is 19.9. The smallest absolute Gasteiger partial charge is 0.114 e. The fraction of sp³-hybridized carbons (Fsp3) is 1.00. The Bertz CT molecular complexity index is 454. The van der Waals surface area contributed by atoms with Crippen molar-refractivity contribution in [3.8, 4) is 0 Å². The molecule has 1 rings (SSSR count). The van der Waals surface area contributed by atoms with Gasteiger partial charge in [-0.05, 0) is 6.42 Å². The van der Waals surface area contributed by atoms with Gasteiger partial charge in [0.2, 0.25) is 0 Å². The van der Waals surface area contributed by atoms with E-state index in [2.05, 4.69) is 6.92 Å². The fourth-order valence-electron chi connectivity index (χ4n) is 4.42. The molecule has 1 fully saturated rings. The van der Waals surface area contributed by atoms with Crippen LogP contribution >= 0.6 is 0 Å². The molecule has 1 saturated heterocycles. The fourth-order valence-corrected chi connectivity index (χ4v) is 4.42. The summed E-state index contributed by atoms with van der Waals surface area (Å²) >= 11 is 0. The van der Waals surface area contributed by atoms with E-state index >= 15 is 0 Å². The SMILES string of the molecule is CCCCCCCCCCCCCCC[C@@H](O)[C@@H](N)C(O)C1O[C@H](CO)[C@H](O)[C@H](O)[C@H]1O. The molecule has 0 aromatic carbocycles. The van der Waals surface area contributed by atoms with E-state index in [1.165, 1.54) is 64.2 Å². The van der Waals surface area contributed by atoms with Gasteiger partial charge in [-0.25, -0.2) is 0 Å². The minimum atomic E-state index is -1.58. The van der Waals surface area contributed by atoms with Gasteiger partial charge in [-0.1, -0.05) is 90.4 Å². The Kier molecular flexibility index (Phi) is 15.9. The quantitative estimate of drug-likeness (QED) is 0.150. The van der Waals surface area contributed by atoms with Crippen LogP contribution in [0.2, 0.25) is 0 Å². The third-order valence-corrected chi connectivity index (χ3v) is 6.71. The van der Waals surface area contributed by atoms with Gasteiger partial charge in [-0.2, -0.15) is 0 Å². The van der Waals surface area contributed by atoms with E-state index in [0.717, 1.165) is 19.3 Å². The normalized spacial score (nSPS) is 29.1. The van der Waals surface area contributed by atoms with Crippen LogP contribution in [-0.4, -0.2) is 86.0 Å². The summed E-state index contributed by atoms with van der Waals surface area (Å²) in [6.07, 6.45) is 6.91. The van der Waals surface area contributed by atoms with Crippen LogP contribution in [0.5, 0.6) is 0 Å². The molecule has 8 N–H and O–H groups in total. The predicted octanol–water partition coefficient (Wildman–Crippen LogP) is 1.36. The molecule has 8 nitrogen and oxygen atoms in total. The monoisotopic (exact) mass is 463 g/mol. The largest absolute Gasteiger partial charge is 0.394 e. The van der Waals surface area contributed by atoms with E-state index in [9.17, 15) is 30.6 Å². The molecular weight excluding hydrogens is 414 g/mol. The molecule has 32 heavy (non-hydrogen) atoms. The van der Waals surface area contributed by atoms with Crippen LogP contribution in [0.25, 0.3) is 0 Å². The molecule has 0 radical (unpaired) electrons.